The van der Waals surface area contributed by atoms with Crippen LogP contribution in [0, 0.1) is 0 Å². The predicted octanol–water partition coefficient (Wildman–Crippen LogP) is 12.3. The molecule has 0 bridgehead atoms. The van der Waals surface area contributed by atoms with E-state index in [2.05, 4.69) is 109 Å². The van der Waals surface area contributed by atoms with Crippen LogP contribution in [-0.2, 0) is 6.54 Å². The van der Waals surface area contributed by atoms with E-state index in [-0.39, 0.29) is 0 Å². The first kappa shape index (κ1) is 26.8. The molecule has 0 amide bonds. The molecule has 3 aromatic heterocycles. The van der Waals surface area contributed by atoms with Gasteiger partial charge in [0.15, 0.2) is 0 Å². The van der Waals surface area contributed by atoms with E-state index < -0.39 is 0 Å². The minimum absolute atomic E-state index is 0.545. The monoisotopic (exact) mass is 617 g/mol. The number of para-hydroxylation sites is 1. The van der Waals surface area contributed by atoms with E-state index in [0.717, 1.165) is 93.6 Å². The Labute approximate surface area is 275 Å². The molecule has 4 nitrogen and oxygen atoms in total. The van der Waals surface area contributed by atoms with E-state index >= 15 is 0 Å². The first-order chi connectivity index (χ1) is 23.8. The average molecular weight is 618 g/mol. The molecule has 0 spiro atoms. The van der Waals surface area contributed by atoms with Crippen LogP contribution < -0.4 is 0 Å². The van der Waals surface area contributed by atoms with Gasteiger partial charge in [-0.15, -0.1) is 0 Å². The molecule has 0 N–H and O–H groups in total. The molecule has 226 valence electrons. The molecule has 10 rings (SSSR count). The Morgan fingerprint density at radius 2 is 1.04 bits per heavy atom. The lowest BCUT2D eigenvalue weighted by Gasteiger charge is -2.07. The number of furan rings is 3. The van der Waals surface area contributed by atoms with Gasteiger partial charge < -0.3 is 13.3 Å². The largest absolute Gasteiger partial charge is 0.456 e. The van der Waals surface area contributed by atoms with Crippen molar-refractivity contribution < 1.29 is 13.3 Å². The third-order valence-electron chi connectivity index (χ3n) is 9.39. The fraction of sp³-hybridized carbons (Fsp3) is 0.0227. The van der Waals surface area contributed by atoms with Gasteiger partial charge in [-0.3, -0.25) is 4.99 Å². The summed E-state index contributed by atoms with van der Waals surface area (Å²) < 4.78 is 18.9. The van der Waals surface area contributed by atoms with Crippen molar-refractivity contribution in [2.24, 2.45) is 4.99 Å². The normalized spacial score (nSPS) is 12.2. The van der Waals surface area contributed by atoms with Crippen LogP contribution in [0.4, 0.5) is 0 Å². The summed E-state index contributed by atoms with van der Waals surface area (Å²) in [5, 5.41) is 6.61. The molecule has 0 aliphatic carbocycles. The molecule has 10 aromatic rings. The summed E-state index contributed by atoms with van der Waals surface area (Å²) in [4.78, 5) is 4.88. The van der Waals surface area contributed by atoms with E-state index in [9.17, 15) is 0 Å². The number of hydrogen-bond acceptors (Lipinski definition) is 4. The van der Waals surface area contributed by atoms with Crippen molar-refractivity contribution in [3.05, 3.63) is 157 Å². The number of rotatable bonds is 5. The zero-order valence-corrected chi connectivity index (χ0v) is 25.8. The molecule has 4 heteroatoms. The van der Waals surface area contributed by atoms with Gasteiger partial charge >= 0.3 is 0 Å². The van der Waals surface area contributed by atoms with Crippen LogP contribution in [0.5, 0.6) is 0 Å². The molecule has 7 aromatic carbocycles. The lowest BCUT2D eigenvalue weighted by molar-refractivity contribution is 0.668. The predicted molar refractivity (Wildman–Crippen MR) is 197 cm³/mol. The molecular weight excluding hydrogens is 590 g/mol. The molecule has 0 aliphatic rings. The second kappa shape index (κ2) is 10.6. The molecular formula is C44H27NO3. The second-order valence-corrected chi connectivity index (χ2v) is 12.3. The molecule has 0 unspecified atom stereocenters. The highest BCUT2D eigenvalue weighted by Crippen LogP contribution is 2.43. The number of fused-ring (bicyclic) bond motifs is 9. The van der Waals surface area contributed by atoms with Crippen LogP contribution in [0.3, 0.4) is 0 Å². The highest BCUT2D eigenvalue weighted by atomic mass is 16.3. The van der Waals surface area contributed by atoms with Gasteiger partial charge in [0.05, 0.1) is 6.54 Å². The number of aliphatic imine (C=N–C) groups is 1. The van der Waals surface area contributed by atoms with Crippen LogP contribution in [-0.4, -0.2) is 6.21 Å². The summed E-state index contributed by atoms with van der Waals surface area (Å²) in [7, 11) is 0. The Bertz CT molecular complexity index is 2870. The van der Waals surface area contributed by atoms with Crippen molar-refractivity contribution >= 4 is 72.0 Å². The van der Waals surface area contributed by atoms with Gasteiger partial charge in [0, 0.05) is 44.1 Å². The summed E-state index contributed by atoms with van der Waals surface area (Å²) in [5.41, 5.74) is 11.9. The minimum atomic E-state index is 0.545. The summed E-state index contributed by atoms with van der Waals surface area (Å²) in [6.45, 7) is 0.545. The highest BCUT2D eigenvalue weighted by molar-refractivity contribution is 6.19. The minimum Gasteiger partial charge on any atom is -0.456 e. The first-order valence-electron chi connectivity index (χ1n) is 16.1. The number of nitrogens with zero attached hydrogens (tertiary/aromatic N) is 1. The molecule has 48 heavy (non-hydrogen) atoms. The van der Waals surface area contributed by atoms with Crippen molar-refractivity contribution in [2.75, 3.05) is 0 Å². The van der Waals surface area contributed by atoms with Gasteiger partial charge in [0.1, 0.15) is 33.5 Å². The van der Waals surface area contributed by atoms with E-state index in [1.165, 1.54) is 5.56 Å². The summed E-state index contributed by atoms with van der Waals surface area (Å²) >= 11 is 0. The van der Waals surface area contributed by atoms with Gasteiger partial charge in [-0.25, -0.2) is 0 Å². The molecule has 0 radical (unpaired) electrons. The van der Waals surface area contributed by atoms with E-state index in [4.69, 9.17) is 18.2 Å². The standard InChI is InChI=1S/C44H27NO3/c1-2-9-28(10-3-1)31-13-7-17-39-43(31)44-32(14-8-18-40(44)48-39)29-20-22-37-35(24-29)42-30(11-6-16-38(42)46-37)26-45-25-27-19-21-34-33-12-4-5-15-36(33)47-41(34)23-27/h1-24,26H,25H2. The average Bonchev–Trinajstić information content (AvgIpc) is 3.82. The maximum atomic E-state index is 6.42. The van der Waals surface area contributed by atoms with Gasteiger partial charge in [-0.05, 0) is 70.3 Å². The van der Waals surface area contributed by atoms with Gasteiger partial charge in [0.2, 0.25) is 0 Å². The summed E-state index contributed by atoms with van der Waals surface area (Å²) in [6, 6.07) is 50.2. The number of benzene rings is 7. The molecule has 0 saturated carbocycles. The quantitative estimate of drug-likeness (QED) is 0.181. The zero-order valence-electron chi connectivity index (χ0n) is 25.8. The van der Waals surface area contributed by atoms with Crippen molar-refractivity contribution in [1.29, 1.82) is 0 Å². The zero-order chi connectivity index (χ0) is 31.6. The van der Waals surface area contributed by atoms with Crippen molar-refractivity contribution in [3.63, 3.8) is 0 Å². The Morgan fingerprint density at radius 3 is 1.88 bits per heavy atom. The van der Waals surface area contributed by atoms with Crippen molar-refractivity contribution in [1.82, 2.24) is 0 Å². The molecule has 0 atom stereocenters. The topological polar surface area (TPSA) is 51.8 Å². The third-order valence-corrected chi connectivity index (χ3v) is 9.39. The lowest BCUT2D eigenvalue weighted by atomic mass is 9.94. The molecule has 3 heterocycles. The third kappa shape index (κ3) is 4.20. The van der Waals surface area contributed by atoms with Crippen molar-refractivity contribution in [2.45, 2.75) is 6.54 Å². The van der Waals surface area contributed by atoms with Crippen LogP contribution in [0.1, 0.15) is 11.1 Å². The first-order valence-corrected chi connectivity index (χ1v) is 16.1. The fourth-order valence-electron chi connectivity index (χ4n) is 7.21. The number of hydrogen-bond donors (Lipinski definition) is 0. The van der Waals surface area contributed by atoms with Gasteiger partial charge in [0.25, 0.3) is 0 Å². The van der Waals surface area contributed by atoms with Crippen LogP contribution in [0.25, 0.3) is 88.1 Å². The Morgan fingerprint density at radius 1 is 0.417 bits per heavy atom. The SMILES string of the molecule is C(=NCc1ccc2c(c1)oc1ccccc12)c1cccc2oc3ccc(-c4cccc5oc6cccc(-c7ccccc7)c6c45)cc3c12. The van der Waals surface area contributed by atoms with Crippen LogP contribution in [0.15, 0.2) is 164 Å². The Hall–Kier alpha value is -6.39. The Balaban J connectivity index is 1.07. The van der Waals surface area contributed by atoms with E-state index in [1.54, 1.807) is 0 Å². The van der Waals surface area contributed by atoms with Gasteiger partial charge in [-0.1, -0.05) is 103 Å². The van der Waals surface area contributed by atoms with Crippen molar-refractivity contribution in [3.8, 4) is 22.3 Å². The maximum absolute atomic E-state index is 6.42. The van der Waals surface area contributed by atoms with E-state index in [0.29, 0.717) is 6.54 Å². The lowest BCUT2D eigenvalue weighted by Crippen LogP contribution is -1.86. The van der Waals surface area contributed by atoms with Gasteiger partial charge in [-0.2, -0.15) is 0 Å². The molecule has 0 fully saturated rings. The summed E-state index contributed by atoms with van der Waals surface area (Å²) in [6.07, 6.45) is 1.96. The fourth-order valence-corrected chi connectivity index (χ4v) is 7.21. The molecule has 0 aliphatic heterocycles. The van der Waals surface area contributed by atoms with Crippen LogP contribution >= 0.6 is 0 Å². The van der Waals surface area contributed by atoms with E-state index in [1.807, 2.05) is 42.6 Å². The van der Waals surface area contributed by atoms with Crippen LogP contribution in [0.2, 0.25) is 0 Å². The second-order valence-electron chi connectivity index (χ2n) is 12.3. The summed E-state index contributed by atoms with van der Waals surface area (Å²) in [5.74, 6) is 0. The molecule has 0 saturated heterocycles. The highest BCUT2D eigenvalue weighted by Gasteiger charge is 2.18. The smallest absolute Gasteiger partial charge is 0.136 e. The Kier molecular flexibility index (Phi) is 5.90. The maximum Gasteiger partial charge on any atom is 0.136 e.